The van der Waals surface area contributed by atoms with Crippen molar-refractivity contribution in [1.29, 1.82) is 0 Å². The molecule has 0 aliphatic carbocycles. The van der Waals surface area contributed by atoms with E-state index in [1.165, 1.54) is 0 Å². The first-order valence-corrected chi connectivity index (χ1v) is 2.07. The van der Waals surface area contributed by atoms with Gasteiger partial charge >= 0.3 is 0 Å². The van der Waals surface area contributed by atoms with Crippen molar-refractivity contribution in [1.82, 2.24) is 5.48 Å². The monoisotopic (exact) mass is 99.1 g/mol. The molecule has 2 nitrogen and oxygen atoms in total. The number of hydroxylamine groups is 1. The molecule has 1 N–H and O–H groups in total. The van der Waals surface area contributed by atoms with Gasteiger partial charge in [-0.05, 0) is 6.92 Å². The fraction of sp³-hybridized carbons (Fsp3) is 0.600. The molecule has 0 heterocycles. The maximum Gasteiger partial charge on any atom is 0.0820 e. The molecule has 0 aromatic rings. The van der Waals surface area contributed by atoms with Crippen LogP contribution in [0, 0.1) is 11.8 Å². The lowest BCUT2D eigenvalue weighted by Crippen LogP contribution is -2.10. The summed E-state index contributed by atoms with van der Waals surface area (Å²) in [6.07, 6.45) is 0. The van der Waals surface area contributed by atoms with Crippen molar-refractivity contribution in [2.45, 2.75) is 6.92 Å². The predicted molar refractivity (Wildman–Crippen MR) is 28.5 cm³/mol. The summed E-state index contributed by atoms with van der Waals surface area (Å²) < 4.78 is 0. The quantitative estimate of drug-likeness (QED) is 0.302. The number of rotatable bonds is 2. The molecule has 0 aromatic carbocycles. The molecule has 0 saturated carbocycles. The normalized spacial score (nSPS) is 7.14. The van der Waals surface area contributed by atoms with E-state index < -0.39 is 0 Å². The fourth-order valence-electron chi connectivity index (χ4n) is 0.197. The molecule has 40 valence electrons. The standard InChI is InChI=1S/C5H9NO/c1-3-4-5-6-7-2/h6H,5H2,1-2H3. The van der Waals surface area contributed by atoms with E-state index in [0.717, 1.165) is 0 Å². The molecule has 0 aliphatic rings. The molecule has 0 aliphatic heterocycles. The van der Waals surface area contributed by atoms with Gasteiger partial charge in [0.15, 0.2) is 0 Å². The Morgan fingerprint density at radius 2 is 2.43 bits per heavy atom. The Morgan fingerprint density at radius 1 is 1.71 bits per heavy atom. The van der Waals surface area contributed by atoms with Crippen molar-refractivity contribution in [2.75, 3.05) is 13.7 Å². The minimum absolute atomic E-state index is 0.604. The fourth-order valence-corrected chi connectivity index (χ4v) is 0.197. The zero-order valence-electron chi connectivity index (χ0n) is 4.62. The van der Waals surface area contributed by atoms with Gasteiger partial charge in [-0.2, -0.15) is 5.48 Å². The van der Waals surface area contributed by atoms with Crippen LogP contribution in [0.25, 0.3) is 0 Å². The molecule has 0 saturated heterocycles. The van der Waals surface area contributed by atoms with Crippen molar-refractivity contribution >= 4 is 0 Å². The summed E-state index contributed by atoms with van der Waals surface area (Å²) in [4.78, 5) is 4.49. The van der Waals surface area contributed by atoms with Crippen molar-refractivity contribution < 1.29 is 4.84 Å². The van der Waals surface area contributed by atoms with E-state index in [9.17, 15) is 0 Å². The zero-order valence-corrected chi connectivity index (χ0v) is 4.62. The minimum atomic E-state index is 0.604. The summed E-state index contributed by atoms with van der Waals surface area (Å²) in [6.45, 7) is 2.39. The van der Waals surface area contributed by atoms with Crippen molar-refractivity contribution in [3.63, 3.8) is 0 Å². The highest BCUT2D eigenvalue weighted by Gasteiger charge is 1.67. The topological polar surface area (TPSA) is 21.3 Å². The average Bonchev–Trinajstić information content (AvgIpc) is 1.69. The van der Waals surface area contributed by atoms with Crippen LogP contribution >= 0.6 is 0 Å². The van der Waals surface area contributed by atoms with Crippen LogP contribution in [-0.2, 0) is 4.84 Å². The van der Waals surface area contributed by atoms with Crippen LogP contribution in [0.3, 0.4) is 0 Å². The lowest BCUT2D eigenvalue weighted by atomic mass is 10.6. The van der Waals surface area contributed by atoms with Gasteiger partial charge in [-0.25, -0.2) is 0 Å². The molecular weight excluding hydrogens is 90.1 g/mol. The molecule has 7 heavy (non-hydrogen) atoms. The summed E-state index contributed by atoms with van der Waals surface area (Å²) in [6, 6.07) is 0. The van der Waals surface area contributed by atoms with Gasteiger partial charge in [0.25, 0.3) is 0 Å². The molecule has 2 heteroatoms. The highest BCUT2D eigenvalue weighted by molar-refractivity contribution is 4.95. The van der Waals surface area contributed by atoms with Gasteiger partial charge in [0.05, 0.1) is 13.7 Å². The number of hydrogen-bond donors (Lipinski definition) is 1. The van der Waals surface area contributed by atoms with Crippen LogP contribution in [0.2, 0.25) is 0 Å². The average molecular weight is 99.1 g/mol. The molecule has 0 atom stereocenters. The van der Waals surface area contributed by atoms with Crippen LogP contribution < -0.4 is 5.48 Å². The van der Waals surface area contributed by atoms with Gasteiger partial charge in [-0.3, -0.25) is 0 Å². The molecule has 0 unspecified atom stereocenters. The second-order valence-electron chi connectivity index (χ2n) is 0.952. The first kappa shape index (κ1) is 6.48. The molecule has 0 bridgehead atoms. The van der Waals surface area contributed by atoms with Gasteiger partial charge in [-0.15, -0.1) is 5.92 Å². The van der Waals surface area contributed by atoms with Crippen LogP contribution in [-0.4, -0.2) is 13.7 Å². The molecule has 0 fully saturated rings. The Balaban J connectivity index is 2.78. The molecule has 0 amide bonds. The van der Waals surface area contributed by atoms with E-state index in [0.29, 0.717) is 6.54 Å². The maximum absolute atomic E-state index is 4.49. The number of hydrogen-bond acceptors (Lipinski definition) is 2. The smallest absolute Gasteiger partial charge is 0.0820 e. The van der Waals surface area contributed by atoms with Crippen LogP contribution in [0.15, 0.2) is 0 Å². The Bertz CT molecular complexity index is 79.8. The summed E-state index contributed by atoms with van der Waals surface area (Å²) in [5, 5.41) is 0. The van der Waals surface area contributed by atoms with Crippen molar-refractivity contribution in [3.05, 3.63) is 0 Å². The van der Waals surface area contributed by atoms with Crippen molar-refractivity contribution in [3.8, 4) is 11.8 Å². The largest absolute Gasteiger partial charge is 0.304 e. The Morgan fingerprint density at radius 3 is 2.86 bits per heavy atom. The van der Waals surface area contributed by atoms with Crippen LogP contribution in [0.1, 0.15) is 6.92 Å². The lowest BCUT2D eigenvalue weighted by Gasteiger charge is -1.89. The van der Waals surface area contributed by atoms with E-state index in [2.05, 4.69) is 22.2 Å². The maximum atomic E-state index is 4.49. The first-order valence-electron chi connectivity index (χ1n) is 2.07. The Labute approximate surface area is 43.8 Å². The highest BCUT2D eigenvalue weighted by Crippen LogP contribution is 1.52. The molecular formula is C5H9NO. The van der Waals surface area contributed by atoms with Gasteiger partial charge in [-0.1, -0.05) is 5.92 Å². The zero-order chi connectivity index (χ0) is 5.54. The summed E-state index contributed by atoms with van der Waals surface area (Å²) in [5.41, 5.74) is 2.58. The van der Waals surface area contributed by atoms with E-state index in [1.807, 2.05) is 0 Å². The van der Waals surface area contributed by atoms with Gasteiger partial charge < -0.3 is 4.84 Å². The second kappa shape index (κ2) is 5.48. The van der Waals surface area contributed by atoms with Crippen molar-refractivity contribution in [2.24, 2.45) is 0 Å². The Kier molecular flexibility index (Phi) is 5.07. The highest BCUT2D eigenvalue weighted by atomic mass is 16.6. The lowest BCUT2D eigenvalue weighted by molar-refractivity contribution is 0.103. The summed E-state index contributed by atoms with van der Waals surface area (Å²) in [7, 11) is 1.57. The third-order valence-electron chi connectivity index (χ3n) is 0.482. The van der Waals surface area contributed by atoms with E-state index in [4.69, 9.17) is 0 Å². The molecule has 0 spiro atoms. The predicted octanol–water partition coefficient (Wildman–Crippen LogP) is 0.161. The number of nitrogens with one attached hydrogen (secondary N) is 1. The molecule has 0 aromatic heterocycles. The SMILES string of the molecule is CC#CCNOC. The molecule has 0 radical (unpaired) electrons. The first-order chi connectivity index (χ1) is 3.41. The summed E-state index contributed by atoms with van der Waals surface area (Å²) in [5.74, 6) is 5.47. The third-order valence-corrected chi connectivity index (χ3v) is 0.482. The van der Waals surface area contributed by atoms with Gasteiger partial charge in [0.2, 0.25) is 0 Å². The van der Waals surface area contributed by atoms with E-state index >= 15 is 0 Å². The molecule has 0 rings (SSSR count). The Hall–Kier alpha value is -0.520. The minimum Gasteiger partial charge on any atom is -0.304 e. The third kappa shape index (κ3) is 5.48. The second-order valence-corrected chi connectivity index (χ2v) is 0.952. The van der Waals surface area contributed by atoms with Gasteiger partial charge in [0.1, 0.15) is 0 Å². The van der Waals surface area contributed by atoms with Gasteiger partial charge in [0, 0.05) is 0 Å². The van der Waals surface area contributed by atoms with E-state index in [1.54, 1.807) is 14.0 Å². The summed E-state index contributed by atoms with van der Waals surface area (Å²) >= 11 is 0. The van der Waals surface area contributed by atoms with Crippen LogP contribution in [0.4, 0.5) is 0 Å². The van der Waals surface area contributed by atoms with E-state index in [-0.39, 0.29) is 0 Å². The van der Waals surface area contributed by atoms with Crippen LogP contribution in [0.5, 0.6) is 0 Å².